The van der Waals surface area contributed by atoms with Gasteiger partial charge >= 0.3 is 0 Å². The molecule has 0 spiro atoms. The Bertz CT molecular complexity index is 1230. The zero-order chi connectivity index (χ0) is 23.4. The number of amides is 2. The van der Waals surface area contributed by atoms with Crippen molar-refractivity contribution in [2.45, 2.75) is 13.0 Å². The number of halogens is 3. The van der Waals surface area contributed by atoms with E-state index in [0.717, 1.165) is 6.07 Å². The molecule has 166 valence electrons. The number of anilines is 1. The van der Waals surface area contributed by atoms with E-state index in [4.69, 9.17) is 27.9 Å². The van der Waals surface area contributed by atoms with Crippen molar-refractivity contribution in [1.29, 1.82) is 0 Å². The Balaban J connectivity index is 1.80. The van der Waals surface area contributed by atoms with Gasteiger partial charge in [0.25, 0.3) is 17.4 Å². The molecule has 0 aliphatic heterocycles. The number of nitrogens with one attached hydrogen (secondary N) is 3. The number of aromatic nitrogens is 1. The second kappa shape index (κ2) is 9.84. The molecule has 32 heavy (non-hydrogen) atoms. The number of H-pyrrole nitrogens is 1. The van der Waals surface area contributed by atoms with Crippen LogP contribution in [-0.2, 0) is 0 Å². The first kappa shape index (κ1) is 23.3. The molecule has 1 heterocycles. The lowest BCUT2D eigenvalue weighted by molar-refractivity contribution is 0.0962. The maximum atomic E-state index is 13.8. The maximum Gasteiger partial charge on any atom is 0.261 e. The van der Waals surface area contributed by atoms with Gasteiger partial charge in [0.2, 0.25) is 0 Å². The van der Waals surface area contributed by atoms with Crippen LogP contribution in [0.4, 0.5) is 10.1 Å². The molecule has 3 rings (SSSR count). The SMILES string of the molecule is CNC(=O)c1ccc(NC(=O)c2cc(O[C@H](C)c3c(Cl)ccc(F)c3Cl)c[nH]c2=O)cc1. The summed E-state index contributed by atoms with van der Waals surface area (Å²) in [6.07, 6.45) is 0.499. The van der Waals surface area contributed by atoms with Gasteiger partial charge in [-0.2, -0.15) is 0 Å². The van der Waals surface area contributed by atoms with Crippen molar-refractivity contribution >= 4 is 40.7 Å². The minimum absolute atomic E-state index is 0.147. The van der Waals surface area contributed by atoms with Crippen molar-refractivity contribution in [2.24, 2.45) is 0 Å². The Morgan fingerprint density at radius 1 is 1.09 bits per heavy atom. The summed E-state index contributed by atoms with van der Waals surface area (Å²) in [6, 6.07) is 9.90. The quantitative estimate of drug-likeness (QED) is 0.452. The van der Waals surface area contributed by atoms with Crippen molar-refractivity contribution < 1.29 is 18.7 Å². The highest BCUT2D eigenvalue weighted by Gasteiger charge is 2.20. The van der Waals surface area contributed by atoms with Gasteiger partial charge in [0.1, 0.15) is 23.2 Å². The van der Waals surface area contributed by atoms with Crippen LogP contribution in [0.5, 0.6) is 5.75 Å². The van der Waals surface area contributed by atoms with Gasteiger partial charge in [-0.15, -0.1) is 0 Å². The van der Waals surface area contributed by atoms with Crippen molar-refractivity contribution in [3.05, 3.63) is 91.6 Å². The molecule has 0 fully saturated rings. The van der Waals surface area contributed by atoms with E-state index in [1.165, 1.54) is 49.6 Å². The lowest BCUT2D eigenvalue weighted by Crippen LogP contribution is -2.23. The molecule has 0 radical (unpaired) electrons. The third kappa shape index (κ3) is 5.09. The molecule has 0 saturated carbocycles. The van der Waals surface area contributed by atoms with E-state index in [2.05, 4.69) is 15.6 Å². The fourth-order valence-corrected chi connectivity index (χ4v) is 3.60. The average Bonchev–Trinajstić information content (AvgIpc) is 2.77. The van der Waals surface area contributed by atoms with Crippen LogP contribution in [0.1, 0.15) is 39.3 Å². The van der Waals surface area contributed by atoms with Crippen LogP contribution < -0.4 is 20.9 Å². The normalized spacial score (nSPS) is 11.5. The number of aromatic amines is 1. The molecule has 0 bridgehead atoms. The highest BCUT2D eigenvalue weighted by atomic mass is 35.5. The summed E-state index contributed by atoms with van der Waals surface area (Å²) >= 11 is 12.1. The predicted octanol–water partition coefficient (Wildman–Crippen LogP) is 4.57. The lowest BCUT2D eigenvalue weighted by Gasteiger charge is -2.18. The van der Waals surface area contributed by atoms with Crippen molar-refractivity contribution in [3.8, 4) is 5.75 Å². The first-order valence-corrected chi connectivity index (χ1v) is 10.1. The van der Waals surface area contributed by atoms with E-state index < -0.39 is 23.4 Å². The zero-order valence-corrected chi connectivity index (χ0v) is 18.5. The molecule has 3 N–H and O–H groups in total. The Hall–Kier alpha value is -3.36. The van der Waals surface area contributed by atoms with Gasteiger partial charge in [0, 0.05) is 41.1 Å². The van der Waals surface area contributed by atoms with E-state index in [1.54, 1.807) is 6.92 Å². The number of ether oxygens (including phenoxy) is 1. The standard InChI is InChI=1S/C22H18Cl2FN3O4/c1-11(18-16(23)7-8-17(25)19(18)24)32-14-9-15(21(30)27-10-14)22(31)28-13-5-3-12(4-6-13)20(29)26-2/h3-11H,1-2H3,(H,26,29)(H,27,30)(H,28,31)/t11-/m1/s1. The number of pyridine rings is 1. The van der Waals surface area contributed by atoms with Gasteiger partial charge < -0.3 is 20.4 Å². The summed E-state index contributed by atoms with van der Waals surface area (Å²) < 4.78 is 19.5. The van der Waals surface area contributed by atoms with Gasteiger partial charge in [-0.1, -0.05) is 23.2 Å². The minimum Gasteiger partial charge on any atom is -0.484 e. The van der Waals surface area contributed by atoms with Crippen molar-refractivity contribution in [3.63, 3.8) is 0 Å². The third-order valence-electron chi connectivity index (χ3n) is 4.55. The van der Waals surface area contributed by atoms with Crippen LogP contribution in [0.25, 0.3) is 0 Å². The summed E-state index contributed by atoms with van der Waals surface area (Å²) in [6.45, 7) is 1.60. The minimum atomic E-state index is -0.773. The third-order valence-corrected chi connectivity index (χ3v) is 5.27. The molecular formula is C22H18Cl2FN3O4. The molecule has 0 saturated heterocycles. The Labute approximate surface area is 192 Å². The van der Waals surface area contributed by atoms with Crippen molar-refractivity contribution in [2.75, 3.05) is 12.4 Å². The summed E-state index contributed by atoms with van der Waals surface area (Å²) in [7, 11) is 1.51. The first-order chi connectivity index (χ1) is 15.2. The number of hydrogen-bond acceptors (Lipinski definition) is 4. The van der Waals surface area contributed by atoms with E-state index >= 15 is 0 Å². The van der Waals surface area contributed by atoms with Crippen LogP contribution in [0.15, 0.2) is 53.5 Å². The summed E-state index contributed by atoms with van der Waals surface area (Å²) in [4.78, 5) is 38.8. The number of hydrogen-bond donors (Lipinski definition) is 3. The second-order valence-electron chi connectivity index (χ2n) is 6.71. The highest BCUT2D eigenvalue weighted by Crippen LogP contribution is 2.34. The van der Waals surface area contributed by atoms with Crippen LogP contribution in [-0.4, -0.2) is 23.8 Å². The molecule has 0 unspecified atom stereocenters. The summed E-state index contributed by atoms with van der Waals surface area (Å²) in [5, 5.41) is 5.12. The topological polar surface area (TPSA) is 100 Å². The molecule has 3 aromatic rings. The zero-order valence-electron chi connectivity index (χ0n) is 17.0. The average molecular weight is 478 g/mol. The van der Waals surface area contributed by atoms with Crippen LogP contribution >= 0.6 is 23.2 Å². The van der Waals surface area contributed by atoms with Crippen LogP contribution in [0.3, 0.4) is 0 Å². The van der Waals surface area contributed by atoms with Crippen molar-refractivity contribution in [1.82, 2.24) is 10.3 Å². The maximum absolute atomic E-state index is 13.8. The molecule has 0 aliphatic carbocycles. The molecule has 2 amide bonds. The molecule has 0 aliphatic rings. The van der Waals surface area contributed by atoms with E-state index in [9.17, 15) is 18.8 Å². The monoisotopic (exact) mass is 477 g/mol. The Kier molecular flexibility index (Phi) is 7.17. The van der Waals surface area contributed by atoms with E-state index in [-0.39, 0.29) is 32.8 Å². The fraction of sp³-hybridized carbons (Fsp3) is 0.136. The molecule has 1 aromatic heterocycles. The number of carbonyl (C=O) groups is 2. The van der Waals surface area contributed by atoms with Gasteiger partial charge in [-0.3, -0.25) is 14.4 Å². The van der Waals surface area contributed by atoms with Crippen LogP contribution in [0, 0.1) is 5.82 Å². The van der Waals surface area contributed by atoms with Gasteiger partial charge in [-0.25, -0.2) is 4.39 Å². The summed E-state index contributed by atoms with van der Waals surface area (Å²) in [5.74, 6) is -1.45. The number of benzene rings is 2. The largest absolute Gasteiger partial charge is 0.484 e. The molecule has 1 atom stereocenters. The molecule has 10 heteroatoms. The lowest BCUT2D eigenvalue weighted by atomic mass is 10.1. The fourth-order valence-electron chi connectivity index (χ4n) is 2.93. The number of carbonyl (C=O) groups excluding carboxylic acids is 2. The van der Waals surface area contributed by atoms with E-state index in [1.807, 2.05) is 0 Å². The highest BCUT2D eigenvalue weighted by molar-refractivity contribution is 6.36. The molecule has 7 nitrogen and oxygen atoms in total. The summed E-state index contributed by atoms with van der Waals surface area (Å²) in [5.41, 5.74) is 0.206. The van der Waals surface area contributed by atoms with Gasteiger partial charge in [0.05, 0.1) is 5.02 Å². The van der Waals surface area contributed by atoms with Gasteiger partial charge in [0.15, 0.2) is 0 Å². The Morgan fingerprint density at radius 2 is 1.78 bits per heavy atom. The smallest absolute Gasteiger partial charge is 0.261 e. The Morgan fingerprint density at radius 3 is 2.44 bits per heavy atom. The van der Waals surface area contributed by atoms with E-state index in [0.29, 0.717) is 11.3 Å². The van der Waals surface area contributed by atoms with Gasteiger partial charge in [-0.05, 0) is 43.3 Å². The number of rotatable bonds is 6. The molecule has 2 aromatic carbocycles. The van der Waals surface area contributed by atoms with Crippen LogP contribution in [0.2, 0.25) is 10.0 Å². The molecular weight excluding hydrogens is 460 g/mol. The second-order valence-corrected chi connectivity index (χ2v) is 7.49. The predicted molar refractivity (Wildman–Crippen MR) is 120 cm³/mol. The first-order valence-electron chi connectivity index (χ1n) is 9.37.